The third-order valence-electron chi connectivity index (χ3n) is 12.0. The molecule has 0 spiro atoms. The highest BCUT2D eigenvalue weighted by Gasteiger charge is 2.40. The molecule has 0 bridgehead atoms. The van der Waals surface area contributed by atoms with E-state index < -0.39 is 35.4 Å². The molecule has 10 rings (SSSR count). The van der Waals surface area contributed by atoms with E-state index in [0.29, 0.717) is 59.2 Å². The Morgan fingerprint density at radius 2 is 1.22 bits per heavy atom. The van der Waals surface area contributed by atoms with Crippen LogP contribution in [0.1, 0.15) is 97.1 Å². The number of fused-ring (bicyclic) bond motifs is 2. The summed E-state index contributed by atoms with van der Waals surface area (Å²) in [6.07, 6.45) is 4.42. The second-order valence-electron chi connectivity index (χ2n) is 15.3. The minimum Gasteiger partial charge on any atom is -0.370 e. The Morgan fingerprint density at radius 1 is 0.655 bits per heavy atom. The van der Waals surface area contributed by atoms with Crippen molar-refractivity contribution < 1.29 is 22.3 Å². The Kier molecular flexibility index (Phi) is 8.75. The molecule has 4 saturated heterocycles. The number of benzene rings is 4. The van der Waals surface area contributed by atoms with Crippen molar-refractivity contribution in [2.75, 3.05) is 42.6 Å². The molecule has 4 aliphatic heterocycles. The quantitative estimate of drug-likeness (QED) is 0.122. The van der Waals surface area contributed by atoms with Gasteiger partial charge in [0.2, 0.25) is 0 Å². The molecular weight excluding hydrogens is 709 g/mol. The van der Waals surface area contributed by atoms with E-state index in [9.17, 15) is 0 Å². The molecule has 0 unspecified atom stereocenters. The smallest absolute Gasteiger partial charge is 0.151 e. The molecule has 0 aliphatic carbocycles. The van der Waals surface area contributed by atoms with E-state index >= 15 is 17.6 Å². The maximum Gasteiger partial charge on any atom is 0.151 e. The standard InChI is InChI=1S/C42H42F4N8O/c43-27-20-35-33(49-41(51-35)31-8-4-12-47-31)18-25(27)37-10-11-38(26-19-34-36(21-28(26)44)52-42(50-34)32-9-5-13-48-32)54(37)24-16-29(45)40(30(46)17-24)53-14-15-55-39(22-53)23-6-2-1-3-7-23/h1-3,6-7,16-21,31-32,37-39,47-48H,4-5,8-15,22H2,(H,49,51)(H,50,52)/t31-,32-,37+,38+,39+/m0/s1. The molecule has 55 heavy (non-hydrogen) atoms. The number of ether oxygens (including phenoxy) is 1. The first-order valence-corrected chi connectivity index (χ1v) is 19.4. The number of nitrogens with zero attached hydrogens (tertiary/aromatic N) is 4. The summed E-state index contributed by atoms with van der Waals surface area (Å²) in [6, 6.07) is 17.4. The van der Waals surface area contributed by atoms with Crippen molar-refractivity contribution in [3.63, 3.8) is 0 Å². The van der Waals surface area contributed by atoms with E-state index in [2.05, 4.69) is 30.6 Å². The fourth-order valence-electron chi connectivity index (χ4n) is 9.32. The van der Waals surface area contributed by atoms with Crippen LogP contribution in [0, 0.1) is 23.3 Å². The van der Waals surface area contributed by atoms with Crippen LogP contribution in [0.5, 0.6) is 0 Å². The highest BCUT2D eigenvalue weighted by atomic mass is 19.1. The van der Waals surface area contributed by atoms with Crippen LogP contribution in [0.2, 0.25) is 0 Å². The first kappa shape index (κ1) is 34.5. The number of anilines is 2. The fraction of sp³-hybridized carbons (Fsp3) is 0.381. The maximum atomic E-state index is 16.5. The summed E-state index contributed by atoms with van der Waals surface area (Å²) in [5.41, 5.74) is 4.07. The zero-order chi connectivity index (χ0) is 37.2. The fourth-order valence-corrected chi connectivity index (χ4v) is 9.32. The predicted molar refractivity (Wildman–Crippen MR) is 203 cm³/mol. The molecule has 4 N–H and O–H groups in total. The molecule has 6 heterocycles. The van der Waals surface area contributed by atoms with Gasteiger partial charge in [0.05, 0.1) is 52.8 Å². The normalized spacial score (nSPS) is 24.5. The Hall–Kier alpha value is -4.98. The summed E-state index contributed by atoms with van der Waals surface area (Å²) in [7, 11) is 0. The Morgan fingerprint density at radius 3 is 1.75 bits per heavy atom. The molecule has 2 aromatic heterocycles. The van der Waals surface area contributed by atoms with Crippen LogP contribution in [0.3, 0.4) is 0 Å². The molecule has 9 nitrogen and oxygen atoms in total. The van der Waals surface area contributed by atoms with Gasteiger partial charge in [-0.1, -0.05) is 30.3 Å². The molecule has 13 heteroatoms. The van der Waals surface area contributed by atoms with Crippen molar-refractivity contribution in [2.45, 2.75) is 68.8 Å². The van der Waals surface area contributed by atoms with Crippen LogP contribution in [0.15, 0.2) is 66.7 Å². The molecule has 5 atom stereocenters. The van der Waals surface area contributed by atoms with Crippen molar-refractivity contribution in [2.24, 2.45) is 0 Å². The van der Waals surface area contributed by atoms with Crippen molar-refractivity contribution in [1.29, 1.82) is 0 Å². The maximum absolute atomic E-state index is 16.5. The number of halogens is 4. The van der Waals surface area contributed by atoms with Crippen molar-refractivity contribution >= 4 is 33.4 Å². The van der Waals surface area contributed by atoms with Gasteiger partial charge in [0.1, 0.15) is 35.1 Å². The minimum atomic E-state index is -0.746. The molecule has 4 aliphatic rings. The Bertz CT molecular complexity index is 2240. The molecule has 6 aromatic rings. The average molecular weight is 751 g/mol. The number of aromatic amines is 2. The van der Waals surface area contributed by atoms with Crippen molar-refractivity contribution in [1.82, 2.24) is 30.6 Å². The predicted octanol–water partition coefficient (Wildman–Crippen LogP) is 8.51. The summed E-state index contributed by atoms with van der Waals surface area (Å²) >= 11 is 0. The molecule has 4 aromatic carbocycles. The summed E-state index contributed by atoms with van der Waals surface area (Å²) in [5.74, 6) is -0.934. The number of nitrogens with one attached hydrogen (secondary N) is 4. The summed E-state index contributed by atoms with van der Waals surface area (Å²) < 4.78 is 71.5. The summed E-state index contributed by atoms with van der Waals surface area (Å²) in [6.45, 7) is 2.67. The second kappa shape index (κ2) is 13.9. The number of rotatable bonds is 7. The lowest BCUT2D eigenvalue weighted by molar-refractivity contribution is 0.0393. The van der Waals surface area contributed by atoms with Gasteiger partial charge in [-0.3, -0.25) is 0 Å². The first-order chi connectivity index (χ1) is 26.9. The Balaban J connectivity index is 1.05. The van der Waals surface area contributed by atoms with E-state index in [1.54, 1.807) is 21.9 Å². The lowest BCUT2D eigenvalue weighted by Gasteiger charge is -2.36. The lowest BCUT2D eigenvalue weighted by atomic mass is 10.0. The van der Waals surface area contributed by atoms with E-state index in [1.807, 2.05) is 30.3 Å². The number of imidazole rings is 2. The SMILES string of the molecule is Fc1cc2nc([C@@H]3CCCN3)[nH]c2cc1[C@H]1CC[C@H](c2cc3[nH]c([C@@H]4CCCN4)nc3cc2F)N1c1cc(F)c(N2CCO[C@@H](c3ccccc3)C2)c(F)c1. The third-order valence-corrected chi connectivity index (χ3v) is 12.0. The molecule has 0 saturated carbocycles. The number of aromatic nitrogens is 4. The summed E-state index contributed by atoms with van der Waals surface area (Å²) in [5, 5.41) is 6.86. The largest absolute Gasteiger partial charge is 0.370 e. The zero-order valence-corrected chi connectivity index (χ0v) is 30.2. The highest BCUT2D eigenvalue weighted by molar-refractivity contribution is 5.78. The molecule has 0 amide bonds. The van der Waals surface area contributed by atoms with Crippen LogP contribution in [-0.4, -0.2) is 52.7 Å². The van der Waals surface area contributed by atoms with Crippen LogP contribution in [0.4, 0.5) is 28.9 Å². The number of hydrogen-bond donors (Lipinski definition) is 4. The molecular formula is C42H42F4N8O. The van der Waals surface area contributed by atoms with Gasteiger partial charge in [-0.05, 0) is 81.4 Å². The van der Waals surface area contributed by atoms with Crippen LogP contribution in [-0.2, 0) is 4.74 Å². The van der Waals surface area contributed by atoms with Gasteiger partial charge < -0.3 is 35.1 Å². The van der Waals surface area contributed by atoms with E-state index in [0.717, 1.165) is 56.0 Å². The molecule has 4 fully saturated rings. The van der Waals surface area contributed by atoms with E-state index in [-0.39, 0.29) is 36.1 Å². The first-order valence-electron chi connectivity index (χ1n) is 19.4. The monoisotopic (exact) mass is 750 g/mol. The lowest BCUT2D eigenvalue weighted by Crippen LogP contribution is -2.39. The zero-order valence-electron chi connectivity index (χ0n) is 30.2. The second-order valence-corrected chi connectivity index (χ2v) is 15.3. The van der Waals surface area contributed by atoms with Gasteiger partial charge >= 0.3 is 0 Å². The van der Waals surface area contributed by atoms with E-state index in [4.69, 9.17) is 4.74 Å². The number of morpholine rings is 1. The topological polar surface area (TPSA) is 97.1 Å². The van der Waals surface area contributed by atoms with Crippen molar-refractivity contribution in [3.05, 3.63) is 118 Å². The van der Waals surface area contributed by atoms with Gasteiger partial charge in [0.15, 0.2) is 11.6 Å². The van der Waals surface area contributed by atoms with Gasteiger partial charge in [0, 0.05) is 42.0 Å². The molecule has 284 valence electrons. The van der Waals surface area contributed by atoms with Gasteiger partial charge in [-0.2, -0.15) is 0 Å². The molecule has 0 radical (unpaired) electrons. The number of hydrogen-bond acceptors (Lipinski definition) is 7. The minimum absolute atomic E-state index is 0.0653. The van der Waals surface area contributed by atoms with Crippen molar-refractivity contribution in [3.8, 4) is 0 Å². The highest BCUT2D eigenvalue weighted by Crippen LogP contribution is 2.50. The van der Waals surface area contributed by atoms with Gasteiger partial charge in [-0.25, -0.2) is 27.5 Å². The summed E-state index contributed by atoms with van der Waals surface area (Å²) in [4.78, 5) is 19.6. The average Bonchev–Trinajstić information content (AvgIpc) is 4.04. The number of H-pyrrole nitrogens is 2. The van der Waals surface area contributed by atoms with Gasteiger partial charge in [-0.15, -0.1) is 0 Å². The van der Waals surface area contributed by atoms with Crippen LogP contribution < -0.4 is 20.4 Å². The third kappa shape index (κ3) is 6.22. The van der Waals surface area contributed by atoms with Gasteiger partial charge in [0.25, 0.3) is 0 Å². The van der Waals surface area contributed by atoms with Crippen LogP contribution >= 0.6 is 0 Å². The Labute approximate surface area is 315 Å². The van der Waals surface area contributed by atoms with Crippen LogP contribution in [0.25, 0.3) is 22.1 Å². The van der Waals surface area contributed by atoms with E-state index in [1.165, 1.54) is 24.3 Å².